The van der Waals surface area contributed by atoms with Gasteiger partial charge >= 0.3 is 0 Å². The Morgan fingerprint density at radius 2 is 1.81 bits per heavy atom. The van der Waals surface area contributed by atoms with E-state index in [0.29, 0.717) is 0 Å². The Morgan fingerprint density at radius 3 is 2.63 bits per heavy atom. The van der Waals surface area contributed by atoms with Crippen LogP contribution in [0.3, 0.4) is 0 Å². The quantitative estimate of drug-likeness (QED) is 0.710. The minimum Gasteiger partial charge on any atom is -0.393 e. The third kappa shape index (κ3) is 2.56. The molecule has 1 saturated carbocycles. The predicted octanol–water partition coefficient (Wildman–Crippen LogP) is 5.45. The molecular weight excluding hydrogens is 328 g/mol. The van der Waals surface area contributed by atoms with Gasteiger partial charge in [0, 0.05) is 10.8 Å². The fourth-order valence-electron chi connectivity index (χ4n) is 5.92. The highest BCUT2D eigenvalue weighted by Gasteiger charge is 2.49. The molecule has 0 spiro atoms. The van der Waals surface area contributed by atoms with Gasteiger partial charge in [-0.1, -0.05) is 84.3 Å². The van der Waals surface area contributed by atoms with Gasteiger partial charge in [0.1, 0.15) is 0 Å². The average Bonchev–Trinajstić information content (AvgIpc) is 2.96. The summed E-state index contributed by atoms with van der Waals surface area (Å²) in [5, 5.41) is 10.5. The lowest BCUT2D eigenvalue weighted by molar-refractivity contribution is 0.172. The van der Waals surface area contributed by atoms with E-state index in [-0.39, 0.29) is 16.9 Å². The zero-order valence-electron chi connectivity index (χ0n) is 16.3. The van der Waals surface area contributed by atoms with E-state index in [1.54, 1.807) is 5.57 Å². The molecule has 0 amide bonds. The lowest BCUT2D eigenvalue weighted by Gasteiger charge is -2.46. The van der Waals surface area contributed by atoms with Crippen molar-refractivity contribution < 1.29 is 5.11 Å². The largest absolute Gasteiger partial charge is 0.393 e. The second kappa shape index (κ2) is 5.94. The van der Waals surface area contributed by atoms with Gasteiger partial charge in [-0.3, -0.25) is 0 Å². The Balaban J connectivity index is 1.74. The van der Waals surface area contributed by atoms with Crippen molar-refractivity contribution in [2.45, 2.75) is 57.5 Å². The van der Waals surface area contributed by atoms with Crippen LogP contribution in [-0.4, -0.2) is 11.2 Å². The molecule has 0 unspecified atom stereocenters. The normalized spacial score (nSPS) is 31.4. The molecule has 0 aliphatic heterocycles. The van der Waals surface area contributed by atoms with Crippen LogP contribution in [0.2, 0.25) is 0 Å². The Hall–Kier alpha value is -2.12. The molecule has 3 aliphatic rings. The second-order valence-corrected chi connectivity index (χ2v) is 9.06. The third-order valence-electron chi connectivity index (χ3n) is 7.14. The molecule has 2 aromatic rings. The highest BCUT2D eigenvalue weighted by Crippen LogP contribution is 2.57. The number of aryl methyl sites for hydroxylation is 2. The van der Waals surface area contributed by atoms with Crippen LogP contribution in [0.4, 0.5) is 0 Å². The van der Waals surface area contributed by atoms with Crippen LogP contribution in [0.15, 0.2) is 71.8 Å². The van der Waals surface area contributed by atoms with E-state index >= 15 is 0 Å². The summed E-state index contributed by atoms with van der Waals surface area (Å²) in [5.74, 6) is 0. The molecule has 0 saturated heterocycles. The smallest absolute Gasteiger partial charge is 0.0589 e. The number of hydrogen-bond acceptors (Lipinski definition) is 1. The standard InChI is InChI=1S/C26H28O/c1-18-8-10-22-20(14-18)9-11-23-24-15-21(27)17-25(24,2)12-13-26(22,23)16-19-6-4-3-5-7-19/h3-8,10,12-14,21,27H,9,11,15-17H2,1-2H3/t21-,25-,26-/m1/s1. The van der Waals surface area contributed by atoms with Crippen molar-refractivity contribution in [2.24, 2.45) is 5.41 Å². The highest BCUT2D eigenvalue weighted by molar-refractivity contribution is 5.58. The fourth-order valence-corrected chi connectivity index (χ4v) is 5.92. The first-order valence-electron chi connectivity index (χ1n) is 10.3. The Kier molecular flexibility index (Phi) is 3.74. The van der Waals surface area contributed by atoms with Gasteiger partial charge in [-0.15, -0.1) is 0 Å². The maximum Gasteiger partial charge on any atom is 0.0589 e. The average molecular weight is 357 g/mol. The van der Waals surface area contributed by atoms with Crippen molar-refractivity contribution in [3.05, 3.63) is 94.1 Å². The summed E-state index contributed by atoms with van der Waals surface area (Å²) in [6.07, 6.45) is 9.65. The minimum absolute atomic E-state index is 0.0388. The van der Waals surface area contributed by atoms with Crippen molar-refractivity contribution in [3.8, 4) is 0 Å². The molecule has 0 aromatic heterocycles. The molecule has 0 radical (unpaired) electrons. The molecule has 1 heteroatoms. The van der Waals surface area contributed by atoms with E-state index in [2.05, 4.69) is 74.5 Å². The van der Waals surface area contributed by atoms with Crippen molar-refractivity contribution >= 4 is 0 Å². The molecule has 138 valence electrons. The molecule has 0 bridgehead atoms. The fraction of sp³-hybridized carbons (Fsp3) is 0.385. The summed E-state index contributed by atoms with van der Waals surface area (Å²) >= 11 is 0. The van der Waals surface area contributed by atoms with E-state index in [1.165, 1.54) is 27.8 Å². The summed E-state index contributed by atoms with van der Waals surface area (Å²) in [4.78, 5) is 0. The predicted molar refractivity (Wildman–Crippen MR) is 111 cm³/mol. The molecule has 1 nitrogen and oxygen atoms in total. The zero-order valence-corrected chi connectivity index (χ0v) is 16.3. The summed E-state index contributed by atoms with van der Waals surface area (Å²) in [7, 11) is 0. The highest BCUT2D eigenvalue weighted by atomic mass is 16.3. The number of hydrogen-bond donors (Lipinski definition) is 1. The minimum atomic E-state index is -0.200. The number of aliphatic hydroxyl groups is 1. The first-order valence-corrected chi connectivity index (χ1v) is 10.3. The van der Waals surface area contributed by atoms with Gasteiger partial charge in [-0.2, -0.15) is 0 Å². The Labute approximate surface area is 162 Å². The van der Waals surface area contributed by atoms with Crippen molar-refractivity contribution in [1.82, 2.24) is 0 Å². The van der Waals surface area contributed by atoms with E-state index in [1.807, 2.05) is 0 Å². The van der Waals surface area contributed by atoms with Gasteiger partial charge in [0.2, 0.25) is 0 Å². The molecule has 27 heavy (non-hydrogen) atoms. The maximum absolute atomic E-state index is 10.5. The van der Waals surface area contributed by atoms with Crippen LogP contribution in [0.5, 0.6) is 0 Å². The van der Waals surface area contributed by atoms with Crippen LogP contribution < -0.4 is 0 Å². The second-order valence-electron chi connectivity index (χ2n) is 9.06. The summed E-state index contributed by atoms with van der Waals surface area (Å²) < 4.78 is 0. The van der Waals surface area contributed by atoms with Crippen LogP contribution in [0.25, 0.3) is 0 Å². The Morgan fingerprint density at radius 1 is 1.00 bits per heavy atom. The summed E-state index contributed by atoms with van der Waals surface area (Å²) in [5.41, 5.74) is 8.80. The summed E-state index contributed by atoms with van der Waals surface area (Å²) in [6, 6.07) is 17.9. The number of benzene rings is 2. The zero-order chi connectivity index (χ0) is 18.6. The monoisotopic (exact) mass is 356 g/mol. The van der Waals surface area contributed by atoms with Gasteiger partial charge in [-0.05, 0) is 55.7 Å². The lowest BCUT2D eigenvalue weighted by atomic mass is 9.57. The molecule has 0 heterocycles. The number of fused-ring (bicyclic) bond motifs is 4. The Bertz CT molecular complexity index is 951. The van der Waals surface area contributed by atoms with Gasteiger partial charge in [0.15, 0.2) is 0 Å². The topological polar surface area (TPSA) is 20.2 Å². The van der Waals surface area contributed by atoms with E-state index in [0.717, 1.165) is 32.1 Å². The number of rotatable bonds is 2. The molecule has 1 N–H and O–H groups in total. The molecule has 1 fully saturated rings. The van der Waals surface area contributed by atoms with Gasteiger partial charge in [0.25, 0.3) is 0 Å². The first-order chi connectivity index (χ1) is 13.0. The maximum atomic E-state index is 10.5. The number of aliphatic hydroxyl groups excluding tert-OH is 1. The van der Waals surface area contributed by atoms with Gasteiger partial charge < -0.3 is 5.11 Å². The van der Waals surface area contributed by atoms with Crippen molar-refractivity contribution in [3.63, 3.8) is 0 Å². The van der Waals surface area contributed by atoms with Gasteiger partial charge in [-0.25, -0.2) is 0 Å². The van der Waals surface area contributed by atoms with E-state index in [9.17, 15) is 5.11 Å². The molecule has 3 aliphatic carbocycles. The SMILES string of the molecule is Cc1ccc2c(c1)CCC1=C3C[C@@H](O)C[C@@]3(C)C=C[C@]12Cc1ccccc1. The molecular formula is C26H28O. The van der Waals surface area contributed by atoms with E-state index < -0.39 is 0 Å². The lowest BCUT2D eigenvalue weighted by Crippen LogP contribution is -2.39. The summed E-state index contributed by atoms with van der Waals surface area (Å²) in [6.45, 7) is 4.51. The first kappa shape index (κ1) is 17.0. The third-order valence-corrected chi connectivity index (χ3v) is 7.14. The van der Waals surface area contributed by atoms with Crippen LogP contribution in [0.1, 0.15) is 48.4 Å². The van der Waals surface area contributed by atoms with Gasteiger partial charge in [0.05, 0.1) is 6.10 Å². The van der Waals surface area contributed by atoms with Crippen LogP contribution >= 0.6 is 0 Å². The molecule has 5 rings (SSSR count). The molecule has 2 aromatic carbocycles. The molecule has 3 atom stereocenters. The van der Waals surface area contributed by atoms with Crippen molar-refractivity contribution in [1.29, 1.82) is 0 Å². The van der Waals surface area contributed by atoms with Crippen LogP contribution in [0, 0.1) is 12.3 Å². The number of allylic oxidation sites excluding steroid dienone is 3. The van der Waals surface area contributed by atoms with E-state index in [4.69, 9.17) is 0 Å². The van der Waals surface area contributed by atoms with Crippen molar-refractivity contribution in [2.75, 3.05) is 0 Å². The van der Waals surface area contributed by atoms with Crippen LogP contribution in [-0.2, 0) is 18.3 Å².